The molecule has 0 rings (SSSR count). The molecule has 0 aromatic carbocycles. The van der Waals surface area contributed by atoms with Crippen LogP contribution in [0.25, 0.3) is 0 Å². The normalized spacial score (nSPS) is 15.9. The third-order valence-electron chi connectivity index (χ3n) is 4.75. The van der Waals surface area contributed by atoms with Crippen molar-refractivity contribution in [3.8, 4) is 0 Å². The second-order valence-electron chi connectivity index (χ2n) is 7.48. The fourth-order valence-corrected chi connectivity index (χ4v) is 2.84. The number of hydrogen-bond donors (Lipinski definition) is 0. The summed E-state index contributed by atoms with van der Waals surface area (Å²) in [7, 11) is 0. The summed E-state index contributed by atoms with van der Waals surface area (Å²) in [5, 5.41) is 0. The fourth-order valence-electron chi connectivity index (χ4n) is 2.84. The Morgan fingerprint density at radius 1 is 0.405 bits per heavy atom. The average Bonchev–Trinajstić information content (AvgIpc) is 2.66. The van der Waals surface area contributed by atoms with Crippen LogP contribution in [-0.2, 0) is 0 Å². The highest BCUT2D eigenvalue weighted by molar-refractivity contribution is 5.19. The number of halogens is 18. The van der Waals surface area contributed by atoms with Crippen molar-refractivity contribution in [2.75, 3.05) is 0 Å². The van der Waals surface area contributed by atoms with E-state index in [2.05, 4.69) is 13.8 Å². The molecule has 18 heteroatoms. The van der Waals surface area contributed by atoms with Gasteiger partial charge in [0.15, 0.2) is 0 Å². The van der Waals surface area contributed by atoms with E-state index in [0.717, 1.165) is 0 Å². The molecule has 0 aliphatic carbocycles. The third-order valence-corrected chi connectivity index (χ3v) is 4.75. The predicted molar refractivity (Wildman–Crippen MR) is 96.7 cm³/mol. The highest BCUT2D eigenvalue weighted by Crippen LogP contribution is 2.66. The van der Waals surface area contributed by atoms with Crippen LogP contribution in [0.1, 0.15) is 66.7 Å². The molecular weight excluding hydrogens is 570 g/mol. The Morgan fingerprint density at radius 2 is 0.622 bits per heavy atom. The Labute approximate surface area is 200 Å². The molecule has 0 nitrogen and oxygen atoms in total. The van der Waals surface area contributed by atoms with Gasteiger partial charge in [0.2, 0.25) is 5.67 Å². The first-order valence-electron chi connectivity index (χ1n) is 10.4. The van der Waals surface area contributed by atoms with Crippen LogP contribution in [0.2, 0.25) is 0 Å². The fraction of sp³-hybridized carbons (Fsp3) is 1.00. The second kappa shape index (κ2) is 13.2. The molecule has 0 bridgehead atoms. The lowest BCUT2D eigenvalue weighted by molar-refractivity contribution is -0.443. The van der Waals surface area contributed by atoms with Gasteiger partial charge in [0.1, 0.15) is 5.92 Å². The number of rotatable bonds is 7. The minimum atomic E-state index is -8.28. The van der Waals surface area contributed by atoms with Gasteiger partial charge in [-0.25, -0.2) is 13.2 Å². The number of hydrogen-bond acceptors (Lipinski definition) is 0. The van der Waals surface area contributed by atoms with Crippen molar-refractivity contribution in [1.29, 1.82) is 0 Å². The van der Waals surface area contributed by atoms with Crippen molar-refractivity contribution in [3.05, 3.63) is 0 Å². The summed E-state index contributed by atoms with van der Waals surface area (Å²) in [5.41, 5.74) is -23.5. The molecule has 0 amide bonds. The summed E-state index contributed by atoms with van der Waals surface area (Å²) in [4.78, 5) is 0. The van der Waals surface area contributed by atoms with Gasteiger partial charge >= 0.3 is 42.2 Å². The summed E-state index contributed by atoms with van der Waals surface area (Å²) in [6.07, 6.45) is -32.8. The van der Waals surface area contributed by atoms with Crippen molar-refractivity contribution >= 4 is 0 Å². The van der Waals surface area contributed by atoms with Gasteiger partial charge in [0.05, 0.1) is 0 Å². The van der Waals surface area contributed by atoms with Crippen LogP contribution in [-0.4, -0.2) is 47.9 Å². The lowest BCUT2D eigenvalue weighted by Gasteiger charge is -2.48. The summed E-state index contributed by atoms with van der Waals surface area (Å²) in [5.74, 6) is -7.10. The standard InChI is InChI=1S/C10H4F18.C7H16.C2H6/c1-3(11,6(14,15)16)2(4(12,7(17,18)19)8(20,21)22)5(13,9(23,24)25)10(26,27)28;1-3-5-7-6-4-2;1-2/h2H,1H3;3-7H2,1-2H3;1-2H3. The third kappa shape index (κ3) is 8.62. The molecule has 1 atom stereocenters. The highest BCUT2D eigenvalue weighted by atomic mass is 19.4. The maximum absolute atomic E-state index is 13.8. The Morgan fingerprint density at radius 3 is 0.757 bits per heavy atom. The van der Waals surface area contributed by atoms with E-state index < -0.39 is 60.7 Å². The van der Waals surface area contributed by atoms with E-state index in [4.69, 9.17) is 0 Å². The van der Waals surface area contributed by atoms with Crippen LogP contribution in [0.3, 0.4) is 0 Å². The summed E-state index contributed by atoms with van der Waals surface area (Å²) < 4.78 is 230. The summed E-state index contributed by atoms with van der Waals surface area (Å²) in [6, 6.07) is 0. The minimum absolute atomic E-state index is 1.36. The SMILES string of the molecule is CC.CC(F)(C(C(F)(C(F)(F)F)C(F)(F)F)C(F)(C(F)(F)F)C(F)(F)F)C(F)(F)F.CCCCCCC. The van der Waals surface area contributed by atoms with Crippen molar-refractivity contribution in [3.63, 3.8) is 0 Å². The van der Waals surface area contributed by atoms with Crippen LogP contribution in [0.15, 0.2) is 0 Å². The van der Waals surface area contributed by atoms with Crippen LogP contribution in [0.5, 0.6) is 0 Å². The first-order chi connectivity index (χ1) is 16.0. The molecule has 0 aliphatic heterocycles. The maximum Gasteiger partial charge on any atom is 0.432 e. The van der Waals surface area contributed by atoms with Gasteiger partial charge in [-0.15, -0.1) is 0 Å². The Balaban J connectivity index is -0.00000110. The zero-order chi connectivity index (χ0) is 31.1. The van der Waals surface area contributed by atoms with Crippen molar-refractivity contribution in [2.45, 2.75) is 115 Å². The molecule has 0 aromatic heterocycles. The Kier molecular flexibility index (Phi) is 14.4. The van der Waals surface area contributed by atoms with Crippen LogP contribution >= 0.6 is 0 Å². The number of unbranched alkanes of at least 4 members (excludes halogenated alkanes) is 4. The lowest BCUT2D eigenvalue weighted by atomic mass is 9.66. The molecule has 228 valence electrons. The molecule has 0 spiro atoms. The van der Waals surface area contributed by atoms with E-state index in [0.29, 0.717) is 0 Å². The van der Waals surface area contributed by atoms with Gasteiger partial charge in [-0.2, -0.15) is 65.9 Å². The topological polar surface area (TPSA) is 0 Å². The van der Waals surface area contributed by atoms with Crippen molar-refractivity contribution in [1.82, 2.24) is 0 Å². The van der Waals surface area contributed by atoms with E-state index in [9.17, 15) is 79.0 Å². The molecule has 0 fully saturated rings. The molecule has 0 saturated carbocycles. The monoisotopic (exact) mass is 596 g/mol. The zero-order valence-corrected chi connectivity index (χ0v) is 19.9. The van der Waals surface area contributed by atoms with Gasteiger partial charge in [-0.3, -0.25) is 0 Å². The van der Waals surface area contributed by atoms with Crippen LogP contribution in [0, 0.1) is 5.92 Å². The largest absolute Gasteiger partial charge is 0.432 e. The van der Waals surface area contributed by atoms with E-state index in [1.54, 1.807) is 0 Å². The van der Waals surface area contributed by atoms with Gasteiger partial charge in [0.25, 0.3) is 0 Å². The van der Waals surface area contributed by atoms with E-state index in [1.807, 2.05) is 13.8 Å². The first-order valence-corrected chi connectivity index (χ1v) is 10.4. The average molecular weight is 596 g/mol. The minimum Gasteiger partial charge on any atom is -0.234 e. The lowest BCUT2D eigenvalue weighted by Crippen LogP contribution is -2.76. The van der Waals surface area contributed by atoms with Gasteiger partial charge < -0.3 is 0 Å². The molecule has 37 heavy (non-hydrogen) atoms. The Hall–Kier alpha value is -1.26. The quantitative estimate of drug-likeness (QED) is 0.203. The highest BCUT2D eigenvalue weighted by Gasteiger charge is 2.93. The first kappa shape index (κ1) is 40.2. The molecule has 0 radical (unpaired) electrons. The maximum atomic E-state index is 13.8. The van der Waals surface area contributed by atoms with E-state index in [1.165, 1.54) is 32.1 Å². The van der Waals surface area contributed by atoms with Gasteiger partial charge in [-0.1, -0.05) is 59.8 Å². The molecule has 0 aromatic rings. The van der Waals surface area contributed by atoms with Crippen LogP contribution in [0.4, 0.5) is 79.0 Å². The summed E-state index contributed by atoms with van der Waals surface area (Å²) >= 11 is 0. The van der Waals surface area contributed by atoms with Gasteiger partial charge in [0, 0.05) is 0 Å². The molecule has 0 aliphatic rings. The van der Waals surface area contributed by atoms with Gasteiger partial charge in [-0.05, 0) is 6.92 Å². The molecule has 0 N–H and O–H groups in total. The van der Waals surface area contributed by atoms with Crippen molar-refractivity contribution < 1.29 is 79.0 Å². The number of alkyl halides is 18. The van der Waals surface area contributed by atoms with Crippen LogP contribution < -0.4 is 0 Å². The molecule has 0 saturated heterocycles. The summed E-state index contributed by atoms with van der Waals surface area (Å²) in [6.45, 7) is 6.78. The zero-order valence-electron chi connectivity index (χ0n) is 19.9. The second-order valence-corrected chi connectivity index (χ2v) is 7.48. The van der Waals surface area contributed by atoms with E-state index in [-0.39, 0.29) is 0 Å². The molecule has 1 unspecified atom stereocenters. The predicted octanol–water partition coefficient (Wildman–Crippen LogP) is 10.6. The van der Waals surface area contributed by atoms with Crippen molar-refractivity contribution in [2.24, 2.45) is 5.92 Å². The molecular formula is C19H26F18. The molecule has 0 heterocycles. The van der Waals surface area contributed by atoms with E-state index >= 15 is 0 Å². The smallest absolute Gasteiger partial charge is 0.234 e. The Bertz CT molecular complexity index is 562.